The number of amides is 3. The van der Waals surface area contributed by atoms with E-state index in [-0.39, 0.29) is 30.3 Å². The smallest absolute Gasteiger partial charge is 0.414 e. The Bertz CT molecular complexity index is 698. The van der Waals surface area contributed by atoms with Gasteiger partial charge in [-0.15, -0.1) is 11.3 Å². The number of hydrogen-bond acceptors (Lipinski definition) is 9. The van der Waals surface area contributed by atoms with Crippen LogP contribution in [0.1, 0.15) is 17.3 Å². The molecule has 0 atom stereocenters. The van der Waals surface area contributed by atoms with Crippen molar-refractivity contribution < 1.29 is 23.9 Å². The lowest BCUT2D eigenvalue weighted by atomic mass is 10.1. The number of hydrogen-bond donors (Lipinski definition) is 4. The van der Waals surface area contributed by atoms with E-state index in [1.165, 1.54) is 11.3 Å². The zero-order chi connectivity index (χ0) is 19.9. The topological polar surface area (TPSA) is 121 Å². The van der Waals surface area contributed by atoms with E-state index in [9.17, 15) is 14.4 Å². The summed E-state index contributed by atoms with van der Waals surface area (Å²) in [5.41, 5.74) is 0.231. The Balaban J connectivity index is 1.51. The minimum absolute atomic E-state index is 0.0283. The van der Waals surface area contributed by atoms with E-state index in [1.54, 1.807) is 18.4 Å². The van der Waals surface area contributed by atoms with Gasteiger partial charge in [0.15, 0.2) is 0 Å². The Morgan fingerprint density at radius 2 is 2.00 bits per heavy atom. The summed E-state index contributed by atoms with van der Waals surface area (Å²) in [6, 6.07) is 1.56. The third-order valence-electron chi connectivity index (χ3n) is 4.53. The molecule has 3 amide bonds. The second kappa shape index (κ2) is 9.94. The summed E-state index contributed by atoms with van der Waals surface area (Å²) in [7, 11) is 0. The van der Waals surface area contributed by atoms with Gasteiger partial charge in [0.2, 0.25) is 5.91 Å². The van der Waals surface area contributed by atoms with E-state index in [1.807, 2.05) is 0 Å². The van der Waals surface area contributed by atoms with E-state index in [2.05, 4.69) is 26.2 Å². The van der Waals surface area contributed by atoms with Crippen LogP contribution in [0.15, 0.2) is 11.4 Å². The summed E-state index contributed by atoms with van der Waals surface area (Å²) in [4.78, 5) is 38.5. The molecule has 0 radical (unpaired) electrons. The number of ether oxygens (including phenoxy) is 2. The fourth-order valence-corrected chi connectivity index (χ4v) is 3.84. The van der Waals surface area contributed by atoms with E-state index in [0.717, 1.165) is 13.1 Å². The first-order chi connectivity index (χ1) is 13.6. The number of nitrogens with zero attached hydrogens (tertiary/aromatic N) is 1. The van der Waals surface area contributed by atoms with Crippen molar-refractivity contribution >= 4 is 34.2 Å². The molecular weight excluding hydrogens is 386 g/mol. The van der Waals surface area contributed by atoms with Crippen LogP contribution < -0.4 is 21.3 Å². The summed E-state index contributed by atoms with van der Waals surface area (Å²) in [5.74, 6) is -1.07. The maximum absolute atomic E-state index is 12.6. The molecule has 0 unspecified atom stereocenters. The molecule has 28 heavy (non-hydrogen) atoms. The molecule has 1 aromatic rings. The lowest BCUT2D eigenvalue weighted by molar-refractivity contribution is -0.120. The Morgan fingerprint density at radius 1 is 1.29 bits per heavy atom. The minimum atomic E-state index is -0.814. The number of thiophene rings is 1. The maximum atomic E-state index is 12.6. The van der Waals surface area contributed by atoms with Crippen LogP contribution in [-0.4, -0.2) is 75.1 Å². The number of carbonyl (C=O) groups excluding carboxylic acids is 3. The van der Waals surface area contributed by atoms with Crippen LogP contribution in [0.25, 0.3) is 0 Å². The molecule has 10 nitrogen and oxygen atoms in total. The normalized spacial score (nSPS) is 23.0. The average Bonchev–Trinajstić information content (AvgIpc) is 3.17. The van der Waals surface area contributed by atoms with Crippen molar-refractivity contribution in [1.82, 2.24) is 20.9 Å². The first kappa shape index (κ1) is 20.7. The molecule has 2 fully saturated rings. The van der Waals surface area contributed by atoms with Crippen LogP contribution in [0.5, 0.6) is 0 Å². The summed E-state index contributed by atoms with van der Waals surface area (Å²) in [5, 5.41) is 13.7. The SMILES string of the molecule is CCOC(=O)NC(=O)c1ccsc1NC(=O)C1CNC(N2CCOCC2)NC1. The van der Waals surface area contributed by atoms with E-state index in [0.29, 0.717) is 31.3 Å². The predicted molar refractivity (Wildman–Crippen MR) is 103 cm³/mol. The van der Waals surface area contributed by atoms with Crippen molar-refractivity contribution in [3.8, 4) is 0 Å². The molecule has 2 saturated heterocycles. The maximum Gasteiger partial charge on any atom is 0.414 e. The number of nitrogens with one attached hydrogen (secondary N) is 4. The van der Waals surface area contributed by atoms with Crippen molar-refractivity contribution in [3.63, 3.8) is 0 Å². The molecule has 2 aliphatic rings. The largest absolute Gasteiger partial charge is 0.450 e. The zero-order valence-electron chi connectivity index (χ0n) is 15.7. The second-order valence-electron chi connectivity index (χ2n) is 6.39. The van der Waals surface area contributed by atoms with Gasteiger partial charge < -0.3 is 14.8 Å². The van der Waals surface area contributed by atoms with Gasteiger partial charge in [0.1, 0.15) is 11.3 Å². The molecule has 11 heteroatoms. The molecule has 3 heterocycles. The van der Waals surface area contributed by atoms with Gasteiger partial charge in [-0.25, -0.2) is 4.79 Å². The van der Waals surface area contributed by atoms with Gasteiger partial charge in [-0.2, -0.15) is 0 Å². The molecule has 0 bridgehead atoms. The number of imide groups is 1. The number of morpholine rings is 1. The Labute approximate surface area is 166 Å². The van der Waals surface area contributed by atoms with Crippen LogP contribution in [0.2, 0.25) is 0 Å². The van der Waals surface area contributed by atoms with Crippen LogP contribution in [-0.2, 0) is 14.3 Å². The quantitative estimate of drug-likeness (QED) is 0.534. The molecule has 154 valence electrons. The standard InChI is InChI=1S/C17H25N5O5S/c1-2-27-17(25)21-14(24)12-3-8-28-15(12)20-13(23)11-9-18-16(19-10-11)22-4-6-26-7-5-22/h3,8,11,16,18-19H,2,4-7,9-10H2,1H3,(H,20,23)(H,21,24,25). The molecule has 4 N–H and O–H groups in total. The van der Waals surface area contributed by atoms with E-state index >= 15 is 0 Å². The number of alkyl carbamates (subject to hydrolysis) is 1. The second-order valence-corrected chi connectivity index (χ2v) is 7.31. The van der Waals surface area contributed by atoms with Gasteiger partial charge in [-0.3, -0.25) is 30.4 Å². The summed E-state index contributed by atoms with van der Waals surface area (Å²) < 4.78 is 10.1. The molecule has 0 saturated carbocycles. The predicted octanol–water partition coefficient (Wildman–Crippen LogP) is -0.00230. The number of rotatable bonds is 5. The molecular formula is C17H25N5O5S. The van der Waals surface area contributed by atoms with Crippen LogP contribution in [0.3, 0.4) is 0 Å². The molecule has 0 aliphatic carbocycles. The third kappa shape index (κ3) is 5.26. The van der Waals surface area contributed by atoms with Crippen LogP contribution >= 0.6 is 11.3 Å². The third-order valence-corrected chi connectivity index (χ3v) is 5.36. The molecule has 0 spiro atoms. The van der Waals surface area contributed by atoms with Crippen molar-refractivity contribution in [1.29, 1.82) is 0 Å². The van der Waals surface area contributed by atoms with E-state index in [4.69, 9.17) is 9.47 Å². The summed E-state index contributed by atoms with van der Waals surface area (Å²) >= 11 is 1.23. The molecule has 2 aliphatic heterocycles. The fourth-order valence-electron chi connectivity index (χ4n) is 3.06. The van der Waals surface area contributed by atoms with Gasteiger partial charge in [-0.05, 0) is 18.4 Å². The first-order valence-electron chi connectivity index (χ1n) is 9.23. The highest BCUT2D eigenvalue weighted by Crippen LogP contribution is 2.24. The Hall–Kier alpha value is -2.05. The first-order valence-corrected chi connectivity index (χ1v) is 10.1. The van der Waals surface area contributed by atoms with Crippen LogP contribution in [0, 0.1) is 5.92 Å². The van der Waals surface area contributed by atoms with Crippen molar-refractivity contribution in [2.45, 2.75) is 13.2 Å². The van der Waals surface area contributed by atoms with Gasteiger partial charge in [-0.1, -0.05) is 0 Å². The molecule has 3 rings (SSSR count). The highest BCUT2D eigenvalue weighted by atomic mass is 32.1. The zero-order valence-corrected chi connectivity index (χ0v) is 16.5. The van der Waals surface area contributed by atoms with Crippen molar-refractivity contribution in [3.05, 3.63) is 17.0 Å². The monoisotopic (exact) mass is 411 g/mol. The van der Waals surface area contributed by atoms with Gasteiger partial charge in [0.05, 0.1) is 31.3 Å². The Morgan fingerprint density at radius 3 is 2.68 bits per heavy atom. The number of anilines is 1. The lowest BCUT2D eigenvalue weighted by Gasteiger charge is -2.39. The minimum Gasteiger partial charge on any atom is -0.450 e. The number of carbonyl (C=O) groups is 3. The molecule has 0 aromatic carbocycles. The summed E-state index contributed by atoms with van der Waals surface area (Å²) in [6.07, 6.45) is -0.786. The summed E-state index contributed by atoms with van der Waals surface area (Å²) in [6.45, 7) is 5.96. The van der Waals surface area contributed by atoms with E-state index < -0.39 is 12.0 Å². The lowest BCUT2D eigenvalue weighted by Crippen LogP contribution is -2.64. The Kier molecular flexibility index (Phi) is 7.34. The fraction of sp³-hybridized carbons (Fsp3) is 0.588. The highest BCUT2D eigenvalue weighted by molar-refractivity contribution is 7.14. The van der Waals surface area contributed by atoms with Gasteiger partial charge in [0.25, 0.3) is 5.91 Å². The van der Waals surface area contributed by atoms with Gasteiger partial charge in [0, 0.05) is 26.2 Å². The van der Waals surface area contributed by atoms with Crippen molar-refractivity contribution in [2.24, 2.45) is 5.92 Å². The van der Waals surface area contributed by atoms with Crippen LogP contribution in [0.4, 0.5) is 9.80 Å². The molecule has 1 aromatic heterocycles. The highest BCUT2D eigenvalue weighted by Gasteiger charge is 2.30. The van der Waals surface area contributed by atoms with Gasteiger partial charge >= 0.3 is 6.09 Å². The average molecular weight is 411 g/mol. The van der Waals surface area contributed by atoms with Crippen molar-refractivity contribution in [2.75, 3.05) is 51.3 Å².